The van der Waals surface area contributed by atoms with Crippen molar-refractivity contribution >= 4 is 22.6 Å². The maximum atomic E-state index is 14.6. The average Bonchev–Trinajstić information content (AvgIpc) is 2.50. The molecule has 0 nitrogen and oxygen atoms in total. The maximum absolute atomic E-state index is 14.6. The lowest BCUT2D eigenvalue weighted by atomic mass is 9.82. The predicted octanol–water partition coefficient (Wildman–Crippen LogP) is 6.80. The van der Waals surface area contributed by atoms with Crippen LogP contribution in [0.5, 0.6) is 0 Å². The van der Waals surface area contributed by atoms with Gasteiger partial charge in [0.1, 0.15) is 0 Å². The Morgan fingerprint density at radius 3 is 1.46 bits per heavy atom. The van der Waals surface area contributed by atoms with Gasteiger partial charge in [-0.05, 0) is 12.8 Å². The molecule has 24 heavy (non-hydrogen) atoms. The van der Waals surface area contributed by atoms with Crippen molar-refractivity contribution in [2.75, 3.05) is 0 Å². The minimum absolute atomic E-state index is 0.0210. The van der Waals surface area contributed by atoms with Gasteiger partial charge >= 0.3 is 23.7 Å². The minimum atomic E-state index is -6.48. The molecule has 0 bridgehead atoms. The van der Waals surface area contributed by atoms with Crippen LogP contribution in [0.25, 0.3) is 0 Å². The van der Waals surface area contributed by atoms with Gasteiger partial charge in [0.15, 0.2) is 0 Å². The summed E-state index contributed by atoms with van der Waals surface area (Å²) in [5.74, 6) is -25.3. The first-order valence-electron chi connectivity index (χ1n) is 7.47. The normalized spacial score (nSPS) is 28.5. The van der Waals surface area contributed by atoms with Gasteiger partial charge in [-0.3, -0.25) is 0 Å². The van der Waals surface area contributed by atoms with Gasteiger partial charge < -0.3 is 0 Å². The highest BCUT2D eigenvalue weighted by atomic mass is 127. The van der Waals surface area contributed by atoms with E-state index < -0.39 is 39.2 Å². The summed E-state index contributed by atoms with van der Waals surface area (Å²) in [4.78, 5) is 0. The van der Waals surface area contributed by atoms with Gasteiger partial charge in [0.25, 0.3) is 5.67 Å². The Kier molecular flexibility index (Phi) is 5.87. The Morgan fingerprint density at radius 1 is 0.708 bits per heavy atom. The fourth-order valence-electron chi connectivity index (χ4n) is 2.83. The van der Waals surface area contributed by atoms with Crippen LogP contribution in [0.2, 0.25) is 0 Å². The Labute approximate surface area is 147 Å². The van der Waals surface area contributed by atoms with E-state index in [4.69, 9.17) is 0 Å². The van der Waals surface area contributed by atoms with E-state index in [9.17, 15) is 39.5 Å². The first kappa shape index (κ1) is 22.1. The molecule has 1 atom stereocenters. The lowest BCUT2D eigenvalue weighted by Gasteiger charge is -2.38. The number of hydrogen-bond donors (Lipinski definition) is 0. The molecule has 1 saturated carbocycles. The van der Waals surface area contributed by atoms with Gasteiger partial charge in [-0.25, -0.2) is 4.39 Å². The Balaban J connectivity index is 3.33. The second kappa shape index (κ2) is 6.37. The van der Waals surface area contributed by atoms with Gasteiger partial charge in [0, 0.05) is 9.84 Å². The lowest BCUT2D eigenvalue weighted by molar-refractivity contribution is -0.303. The van der Waals surface area contributed by atoms with E-state index in [2.05, 4.69) is 0 Å². The largest absolute Gasteiger partial charge is 0.381 e. The molecular weight excluding hydrogens is 466 g/mol. The van der Waals surface area contributed by atoms with Crippen LogP contribution in [0.4, 0.5) is 39.5 Å². The van der Waals surface area contributed by atoms with E-state index in [0.29, 0.717) is 19.3 Å². The highest BCUT2D eigenvalue weighted by molar-refractivity contribution is 14.1. The van der Waals surface area contributed by atoms with Crippen LogP contribution < -0.4 is 0 Å². The summed E-state index contributed by atoms with van der Waals surface area (Å²) in [6.45, 7) is 3.18. The van der Waals surface area contributed by atoms with Crippen LogP contribution in [0, 0.1) is 0 Å². The topological polar surface area (TPSA) is 0 Å². The van der Waals surface area contributed by atoms with Crippen LogP contribution >= 0.6 is 22.6 Å². The van der Waals surface area contributed by atoms with Gasteiger partial charge in [-0.2, -0.15) is 35.1 Å². The van der Waals surface area contributed by atoms with Crippen molar-refractivity contribution in [3.63, 3.8) is 0 Å². The zero-order valence-corrected chi connectivity index (χ0v) is 15.2. The molecular formula is C14H18F9I. The van der Waals surface area contributed by atoms with Crippen molar-refractivity contribution in [1.29, 1.82) is 0 Å². The predicted molar refractivity (Wildman–Crippen MR) is 79.4 cm³/mol. The van der Waals surface area contributed by atoms with Crippen molar-refractivity contribution in [2.45, 2.75) is 85.2 Å². The number of halogens is 10. The summed E-state index contributed by atoms with van der Waals surface area (Å²) >= 11 is 1.44. The molecule has 0 aliphatic heterocycles. The number of alkyl halides is 10. The lowest BCUT2D eigenvalue weighted by Crippen LogP contribution is -2.57. The van der Waals surface area contributed by atoms with Crippen molar-refractivity contribution in [3.05, 3.63) is 0 Å². The average molecular weight is 484 g/mol. The van der Waals surface area contributed by atoms with Crippen molar-refractivity contribution in [1.82, 2.24) is 0 Å². The molecule has 0 saturated heterocycles. The highest BCUT2D eigenvalue weighted by Gasteiger charge is 3.00. The quantitative estimate of drug-likeness (QED) is 0.161. The molecule has 0 spiro atoms. The third kappa shape index (κ3) is 2.72. The molecule has 1 aliphatic rings. The summed E-state index contributed by atoms with van der Waals surface area (Å²) in [6.07, 6.45) is -0.277. The van der Waals surface area contributed by atoms with Crippen molar-refractivity contribution in [2.24, 2.45) is 0 Å². The molecule has 0 aromatic heterocycles. The van der Waals surface area contributed by atoms with E-state index in [1.165, 1.54) is 29.5 Å². The third-order valence-electron chi connectivity index (χ3n) is 4.60. The molecule has 1 fully saturated rings. The number of rotatable bonds is 7. The van der Waals surface area contributed by atoms with Crippen LogP contribution in [0.3, 0.4) is 0 Å². The molecule has 0 N–H and O–H groups in total. The van der Waals surface area contributed by atoms with Gasteiger partial charge in [-0.1, -0.05) is 55.7 Å². The zero-order valence-electron chi connectivity index (χ0n) is 13.0. The monoisotopic (exact) mass is 484 g/mol. The first-order valence-corrected chi connectivity index (χ1v) is 8.55. The SMILES string of the molecule is CCCCCC(I)(CC)CC1(F)C(F)(F)C(F)(F)C(F)(F)C1(F)F. The van der Waals surface area contributed by atoms with E-state index >= 15 is 0 Å². The van der Waals surface area contributed by atoms with E-state index in [1.807, 2.05) is 0 Å². The molecule has 0 aromatic rings. The second-order valence-corrected chi connectivity index (χ2v) is 8.53. The molecule has 1 unspecified atom stereocenters. The Hall–Kier alpha value is 0.1000. The van der Waals surface area contributed by atoms with Crippen molar-refractivity contribution in [3.8, 4) is 0 Å². The molecule has 1 rings (SSSR count). The second-order valence-electron chi connectivity index (χ2n) is 6.24. The smallest absolute Gasteiger partial charge is 0.230 e. The number of unbranched alkanes of at least 4 members (excludes halogenated alkanes) is 2. The van der Waals surface area contributed by atoms with Crippen LogP contribution in [-0.4, -0.2) is 32.8 Å². The molecule has 0 aromatic carbocycles. The summed E-state index contributed by atoms with van der Waals surface area (Å²) in [7, 11) is 0. The first-order chi connectivity index (χ1) is 10.6. The van der Waals surface area contributed by atoms with E-state index in [-0.39, 0.29) is 12.8 Å². The van der Waals surface area contributed by atoms with Gasteiger partial charge in [0.2, 0.25) is 0 Å². The fourth-order valence-corrected chi connectivity index (χ4v) is 3.74. The minimum Gasteiger partial charge on any atom is -0.230 e. The van der Waals surface area contributed by atoms with Crippen LogP contribution in [0.1, 0.15) is 52.4 Å². The molecule has 144 valence electrons. The Bertz CT molecular complexity index is 437. The zero-order chi connectivity index (χ0) is 19.2. The fraction of sp³-hybridized carbons (Fsp3) is 1.00. The molecule has 0 heterocycles. The van der Waals surface area contributed by atoms with Gasteiger partial charge in [0.05, 0.1) is 0 Å². The third-order valence-corrected chi connectivity index (χ3v) is 6.28. The highest BCUT2D eigenvalue weighted by Crippen LogP contribution is 2.71. The molecule has 0 radical (unpaired) electrons. The Morgan fingerprint density at radius 2 is 1.12 bits per heavy atom. The van der Waals surface area contributed by atoms with E-state index in [0.717, 1.165) is 0 Å². The maximum Gasteiger partial charge on any atom is 0.381 e. The summed E-state index contributed by atoms with van der Waals surface area (Å²) < 4.78 is 121. The number of hydrogen-bond acceptors (Lipinski definition) is 0. The summed E-state index contributed by atoms with van der Waals surface area (Å²) in [5, 5.41) is 0. The van der Waals surface area contributed by atoms with Gasteiger partial charge in [-0.15, -0.1) is 0 Å². The van der Waals surface area contributed by atoms with E-state index in [1.54, 1.807) is 6.92 Å². The summed E-state index contributed by atoms with van der Waals surface area (Å²) in [6, 6.07) is 0. The molecule has 0 amide bonds. The van der Waals surface area contributed by atoms with Crippen LogP contribution in [0.15, 0.2) is 0 Å². The summed E-state index contributed by atoms with van der Waals surface area (Å²) in [5.41, 5.74) is -5.34. The molecule has 1 aliphatic carbocycles. The van der Waals surface area contributed by atoms with Crippen molar-refractivity contribution < 1.29 is 39.5 Å². The van der Waals surface area contributed by atoms with Crippen LogP contribution in [-0.2, 0) is 0 Å². The molecule has 10 heteroatoms. The standard InChI is InChI=1S/C14H18F9I/c1-3-5-6-7-9(24,4-2)8-10(15)11(16,17)13(20,21)14(22,23)12(10,18)19/h3-8H2,1-2H3.